The van der Waals surface area contributed by atoms with Crippen molar-refractivity contribution in [3.05, 3.63) is 145 Å². The number of hydrogen-bond acceptors (Lipinski definition) is 0. The molecular formula is C40H38Cl2SiTi-2. The van der Waals surface area contributed by atoms with Crippen LogP contribution in [0.4, 0.5) is 0 Å². The summed E-state index contributed by atoms with van der Waals surface area (Å²) in [4.78, 5) is 0. The Kier molecular flexibility index (Phi) is 11.4. The van der Waals surface area contributed by atoms with Gasteiger partial charge in [-0.3, -0.25) is 0 Å². The van der Waals surface area contributed by atoms with E-state index in [1.54, 1.807) is 0 Å². The Balaban J connectivity index is 0.000000150. The fourth-order valence-electron chi connectivity index (χ4n) is 5.57. The van der Waals surface area contributed by atoms with Crippen LogP contribution in [0.2, 0.25) is 13.1 Å². The maximum atomic E-state index is 5.59. The number of rotatable bonds is 4. The predicted molar refractivity (Wildman–Crippen MR) is 195 cm³/mol. The van der Waals surface area contributed by atoms with Gasteiger partial charge in [0.1, 0.15) is 0 Å². The van der Waals surface area contributed by atoms with Gasteiger partial charge < -0.3 is 0 Å². The molecule has 0 saturated heterocycles. The van der Waals surface area contributed by atoms with Crippen LogP contribution in [0.25, 0.3) is 54.6 Å². The summed E-state index contributed by atoms with van der Waals surface area (Å²) in [5.41, 5.74) is 8.13. The SMILES string of the molecule is CCc1cc2c(-c3cccc4ccccc34)cccc2[cH-]1.CCc1cc2c(-c3ccccc3)cccc2[cH-]1.C[Si](C)=[Ti]([Cl])[Cl]. The summed E-state index contributed by atoms with van der Waals surface area (Å²) in [5, 5.41) is 8.06. The van der Waals surface area contributed by atoms with Crippen molar-refractivity contribution in [2.24, 2.45) is 0 Å². The van der Waals surface area contributed by atoms with E-state index in [0.29, 0.717) is 0 Å². The van der Waals surface area contributed by atoms with Crippen LogP contribution >= 0.6 is 18.6 Å². The summed E-state index contributed by atoms with van der Waals surface area (Å²) < 4.78 is 0. The molecule has 0 saturated carbocycles. The van der Waals surface area contributed by atoms with Crippen molar-refractivity contribution >= 4 is 57.1 Å². The molecule has 0 atom stereocenters. The van der Waals surface area contributed by atoms with E-state index in [0.717, 1.165) is 12.8 Å². The van der Waals surface area contributed by atoms with Crippen molar-refractivity contribution in [1.82, 2.24) is 0 Å². The Morgan fingerprint density at radius 2 is 1.00 bits per heavy atom. The summed E-state index contributed by atoms with van der Waals surface area (Å²) >= 11 is -1.42. The summed E-state index contributed by atoms with van der Waals surface area (Å²) in [5.74, 6) is 0. The zero-order chi connectivity index (χ0) is 31.1. The molecule has 0 aliphatic carbocycles. The predicted octanol–water partition coefficient (Wildman–Crippen LogP) is 12.9. The fourth-order valence-corrected chi connectivity index (χ4v) is 5.57. The van der Waals surface area contributed by atoms with Gasteiger partial charge in [-0.1, -0.05) is 110 Å². The second-order valence-electron chi connectivity index (χ2n) is 11.2. The molecule has 0 bridgehead atoms. The number of halogens is 2. The molecule has 0 aliphatic rings. The van der Waals surface area contributed by atoms with E-state index in [1.165, 1.54) is 65.7 Å². The second-order valence-corrected chi connectivity index (χ2v) is 27.3. The van der Waals surface area contributed by atoms with Gasteiger partial charge in [0.15, 0.2) is 0 Å². The van der Waals surface area contributed by atoms with Gasteiger partial charge in [-0.15, -0.1) is 69.1 Å². The molecule has 0 radical (unpaired) electrons. The van der Waals surface area contributed by atoms with Crippen LogP contribution in [0.15, 0.2) is 133 Å². The topological polar surface area (TPSA) is 0 Å². The first kappa shape index (κ1) is 32.5. The third kappa shape index (κ3) is 7.65. The Bertz CT molecular complexity index is 2010. The number of hydrogen-bond donors (Lipinski definition) is 0. The quantitative estimate of drug-likeness (QED) is 0.130. The first-order valence-corrected chi connectivity index (χ1v) is 24.4. The molecule has 0 unspecified atom stereocenters. The van der Waals surface area contributed by atoms with Gasteiger partial charge in [0.2, 0.25) is 0 Å². The molecule has 44 heavy (non-hydrogen) atoms. The van der Waals surface area contributed by atoms with Crippen molar-refractivity contribution in [2.75, 3.05) is 0 Å². The number of benzene rings is 5. The van der Waals surface area contributed by atoms with Crippen LogP contribution in [0.5, 0.6) is 0 Å². The molecule has 0 spiro atoms. The second kappa shape index (κ2) is 15.4. The van der Waals surface area contributed by atoms with E-state index >= 15 is 0 Å². The standard InChI is InChI=1S/C21H17.C17H15.C2H6Si.2ClH.Ti/c1-2-15-13-17-9-6-12-20(21(17)14-15)19-11-5-8-16-7-3-4-10-18(16)19;1-2-13-11-15-9-6-10-16(17(15)12-13)14-7-4-3-5-8-14;1-3-2;;;/h3-14H,2H2,1H3;3-12H,2H2,1H3;1-2H3;2*1H;/q2*-1;;;;+2/p-2. The third-order valence-electron chi connectivity index (χ3n) is 7.98. The minimum atomic E-state index is -1.42. The molecule has 7 aromatic rings. The van der Waals surface area contributed by atoms with Crippen molar-refractivity contribution < 1.29 is 14.5 Å². The monoisotopic (exact) mass is 664 g/mol. The summed E-state index contributed by atoms with van der Waals surface area (Å²) in [7, 11) is 11.2. The van der Waals surface area contributed by atoms with E-state index in [4.69, 9.17) is 18.6 Å². The zero-order valence-corrected chi connectivity index (χ0v) is 29.9. The summed E-state index contributed by atoms with van der Waals surface area (Å²) in [6.45, 7) is 8.72. The Labute approximate surface area is 276 Å². The normalized spacial score (nSPS) is 10.7. The van der Waals surface area contributed by atoms with Gasteiger partial charge in [0, 0.05) is 0 Å². The van der Waals surface area contributed by atoms with Gasteiger partial charge in [0.25, 0.3) is 0 Å². The molecule has 0 nitrogen and oxygen atoms in total. The minimum absolute atomic E-state index is 0.254. The molecule has 0 N–H and O–H groups in total. The molecule has 0 aliphatic heterocycles. The van der Waals surface area contributed by atoms with Crippen molar-refractivity contribution in [1.29, 1.82) is 0 Å². The molecule has 222 valence electrons. The molecule has 7 rings (SSSR count). The van der Waals surface area contributed by atoms with E-state index < -0.39 is 14.5 Å². The van der Waals surface area contributed by atoms with Gasteiger partial charge in [0.05, 0.1) is 0 Å². The third-order valence-corrected chi connectivity index (χ3v) is 21.6. The molecule has 7 aromatic carbocycles. The molecule has 4 heteroatoms. The Morgan fingerprint density at radius 1 is 0.545 bits per heavy atom. The fraction of sp³-hybridized carbons (Fsp3) is 0.150. The number of aryl methyl sites for hydroxylation is 2. The van der Waals surface area contributed by atoms with Gasteiger partial charge in [-0.25, -0.2) is 0 Å². The Hall–Kier alpha value is -2.91. The van der Waals surface area contributed by atoms with Crippen molar-refractivity contribution in [2.45, 2.75) is 39.8 Å². The first-order valence-electron chi connectivity index (χ1n) is 15.3. The average molecular weight is 666 g/mol. The van der Waals surface area contributed by atoms with Crippen LogP contribution < -0.4 is 0 Å². The zero-order valence-electron chi connectivity index (χ0n) is 25.9. The van der Waals surface area contributed by atoms with Gasteiger partial charge in [-0.05, 0) is 34.7 Å². The molecule has 0 aromatic heterocycles. The van der Waals surface area contributed by atoms with Crippen molar-refractivity contribution in [3.63, 3.8) is 0 Å². The van der Waals surface area contributed by atoms with Gasteiger partial charge in [-0.2, -0.15) is 12.1 Å². The molecular weight excluding hydrogens is 627 g/mol. The van der Waals surface area contributed by atoms with Crippen LogP contribution in [-0.2, 0) is 27.3 Å². The van der Waals surface area contributed by atoms with E-state index in [1.807, 2.05) is 0 Å². The van der Waals surface area contributed by atoms with Crippen LogP contribution in [0.3, 0.4) is 0 Å². The number of fused-ring (bicyclic) bond motifs is 3. The summed E-state index contributed by atoms with van der Waals surface area (Å²) in [6, 6.07) is 48.2. The molecule has 0 heterocycles. The van der Waals surface area contributed by atoms with E-state index in [9.17, 15) is 0 Å². The van der Waals surface area contributed by atoms with Crippen LogP contribution in [0.1, 0.15) is 25.0 Å². The van der Waals surface area contributed by atoms with Crippen LogP contribution in [0, 0.1) is 0 Å². The first-order chi connectivity index (χ1) is 21.4. The van der Waals surface area contributed by atoms with Crippen LogP contribution in [-0.4, -0.2) is 6.19 Å². The molecule has 0 amide bonds. The van der Waals surface area contributed by atoms with E-state index in [2.05, 4.69) is 160 Å². The Morgan fingerprint density at radius 3 is 1.57 bits per heavy atom. The molecule has 0 fully saturated rings. The summed E-state index contributed by atoms with van der Waals surface area (Å²) in [6.07, 6.45) is 1.93. The maximum absolute atomic E-state index is 5.59. The van der Waals surface area contributed by atoms with Crippen molar-refractivity contribution in [3.8, 4) is 22.3 Å². The van der Waals surface area contributed by atoms with E-state index in [-0.39, 0.29) is 6.19 Å². The van der Waals surface area contributed by atoms with Gasteiger partial charge >= 0.3 is 52.4 Å². The average Bonchev–Trinajstić information content (AvgIpc) is 3.69.